The Morgan fingerprint density at radius 2 is 2.16 bits per heavy atom. The summed E-state index contributed by atoms with van der Waals surface area (Å²) in [5.74, 6) is 0. The van der Waals surface area contributed by atoms with Gasteiger partial charge in [-0.1, -0.05) is 6.92 Å². The maximum Gasteiger partial charge on any atom is 0.0794 e. The van der Waals surface area contributed by atoms with Crippen molar-refractivity contribution in [1.82, 2.24) is 20.1 Å². The van der Waals surface area contributed by atoms with Crippen molar-refractivity contribution < 1.29 is 0 Å². The fraction of sp³-hybridized carbons (Fsp3) is 0.571. The van der Waals surface area contributed by atoms with E-state index in [0.717, 1.165) is 25.1 Å². The number of hydrogen-bond acceptors (Lipinski definition) is 4. The minimum Gasteiger partial charge on any atom is -0.314 e. The van der Waals surface area contributed by atoms with Gasteiger partial charge >= 0.3 is 0 Å². The lowest BCUT2D eigenvalue weighted by molar-refractivity contribution is 0.522. The fourth-order valence-corrected chi connectivity index (χ4v) is 3.13. The lowest BCUT2D eigenvalue weighted by Gasteiger charge is -2.17. The molecule has 1 N–H and O–H groups in total. The summed E-state index contributed by atoms with van der Waals surface area (Å²) in [5, 5.41) is 8.07. The van der Waals surface area contributed by atoms with Crippen molar-refractivity contribution in [1.29, 1.82) is 0 Å². The first-order valence-electron chi connectivity index (χ1n) is 6.71. The lowest BCUT2D eigenvalue weighted by atomic mass is 10.0. The number of nitrogens with one attached hydrogen (secondary N) is 1. The van der Waals surface area contributed by atoms with E-state index in [1.54, 1.807) is 11.3 Å². The van der Waals surface area contributed by atoms with Crippen molar-refractivity contribution in [3.8, 4) is 0 Å². The number of aromatic nitrogens is 3. The summed E-state index contributed by atoms with van der Waals surface area (Å²) in [5.41, 5.74) is 5.69. The number of thiazole rings is 1. The van der Waals surface area contributed by atoms with E-state index in [4.69, 9.17) is 0 Å². The van der Waals surface area contributed by atoms with Crippen molar-refractivity contribution in [3.05, 3.63) is 33.5 Å². The van der Waals surface area contributed by atoms with Gasteiger partial charge in [-0.15, -0.1) is 11.3 Å². The molecule has 0 saturated carbocycles. The predicted molar refractivity (Wildman–Crippen MR) is 79.7 cm³/mol. The van der Waals surface area contributed by atoms with Gasteiger partial charge in [-0.2, -0.15) is 5.10 Å². The predicted octanol–water partition coefficient (Wildman–Crippen LogP) is 2.26. The number of aryl methyl sites for hydroxylation is 2. The molecule has 1 unspecified atom stereocenters. The van der Waals surface area contributed by atoms with Gasteiger partial charge in [0.1, 0.15) is 0 Å². The third-order valence-corrected chi connectivity index (χ3v) is 4.34. The number of nitrogens with zero attached hydrogens (tertiary/aromatic N) is 3. The second-order valence-corrected chi connectivity index (χ2v) is 5.87. The average molecular weight is 278 g/mol. The molecule has 0 aliphatic carbocycles. The maximum absolute atomic E-state index is 4.50. The second-order valence-electron chi connectivity index (χ2n) is 4.90. The molecule has 0 fully saturated rings. The summed E-state index contributed by atoms with van der Waals surface area (Å²) in [6, 6.07) is 0.451. The zero-order valence-corrected chi connectivity index (χ0v) is 12.9. The van der Waals surface area contributed by atoms with Crippen LogP contribution in [0.5, 0.6) is 0 Å². The maximum atomic E-state index is 4.50. The topological polar surface area (TPSA) is 42.7 Å². The molecule has 1 atom stereocenters. The highest BCUT2D eigenvalue weighted by Gasteiger charge is 2.16. The molecule has 19 heavy (non-hydrogen) atoms. The monoisotopic (exact) mass is 278 g/mol. The Balaban J connectivity index is 2.11. The molecule has 0 aliphatic heterocycles. The Morgan fingerprint density at radius 1 is 1.37 bits per heavy atom. The van der Waals surface area contributed by atoms with Crippen molar-refractivity contribution in [2.45, 2.75) is 39.7 Å². The molecule has 4 nitrogen and oxygen atoms in total. The van der Waals surface area contributed by atoms with Crippen LogP contribution in [-0.4, -0.2) is 27.4 Å². The van der Waals surface area contributed by atoms with Crippen molar-refractivity contribution >= 4 is 11.3 Å². The second kappa shape index (κ2) is 6.30. The quantitative estimate of drug-likeness (QED) is 0.881. The molecule has 2 aromatic rings. The lowest BCUT2D eigenvalue weighted by Crippen LogP contribution is -2.33. The Hall–Kier alpha value is -1.20. The van der Waals surface area contributed by atoms with E-state index in [0.29, 0.717) is 6.04 Å². The molecule has 0 saturated heterocycles. The van der Waals surface area contributed by atoms with Crippen LogP contribution in [0.15, 0.2) is 11.7 Å². The summed E-state index contributed by atoms with van der Waals surface area (Å²) in [7, 11) is 2.01. The van der Waals surface area contributed by atoms with Gasteiger partial charge in [-0.25, -0.2) is 0 Å². The molecular weight excluding hydrogens is 256 g/mol. The summed E-state index contributed by atoms with van der Waals surface area (Å²) < 4.78 is 1.97. The van der Waals surface area contributed by atoms with Crippen LogP contribution in [0.4, 0.5) is 0 Å². The standard InChI is InChI=1S/C14H22N4S/c1-5-16-12(6-13-8-15-9-19-13)7-14-10(2)17-18(4)11(14)3/h8-9,12,16H,5-7H2,1-4H3. The highest BCUT2D eigenvalue weighted by atomic mass is 32.1. The minimum absolute atomic E-state index is 0.451. The first-order valence-corrected chi connectivity index (χ1v) is 7.59. The molecule has 0 bridgehead atoms. The van der Waals surface area contributed by atoms with Crippen LogP contribution in [0.1, 0.15) is 28.8 Å². The minimum atomic E-state index is 0.451. The Kier molecular flexibility index (Phi) is 4.71. The molecule has 104 valence electrons. The van der Waals surface area contributed by atoms with Crippen molar-refractivity contribution in [2.75, 3.05) is 6.54 Å². The molecular formula is C14H22N4S. The third-order valence-electron chi connectivity index (χ3n) is 3.53. The molecule has 2 aromatic heterocycles. The Bertz CT molecular complexity index is 516. The molecule has 5 heteroatoms. The van der Waals surface area contributed by atoms with Crippen LogP contribution < -0.4 is 5.32 Å². The zero-order valence-electron chi connectivity index (χ0n) is 12.1. The van der Waals surface area contributed by atoms with Crippen molar-refractivity contribution in [2.24, 2.45) is 7.05 Å². The van der Waals surface area contributed by atoms with Crippen LogP contribution in [0.25, 0.3) is 0 Å². The molecule has 0 spiro atoms. The SMILES string of the molecule is CCNC(Cc1cncs1)Cc1c(C)nn(C)c1C. The van der Waals surface area contributed by atoms with Crippen LogP contribution in [0.3, 0.4) is 0 Å². The fourth-order valence-electron chi connectivity index (χ4n) is 2.45. The van der Waals surface area contributed by atoms with Gasteiger partial charge < -0.3 is 5.32 Å². The van der Waals surface area contributed by atoms with E-state index in [1.807, 2.05) is 23.4 Å². The van der Waals surface area contributed by atoms with Gasteiger partial charge in [0, 0.05) is 29.9 Å². The smallest absolute Gasteiger partial charge is 0.0794 e. The largest absolute Gasteiger partial charge is 0.314 e. The van der Waals surface area contributed by atoms with Gasteiger partial charge in [0.2, 0.25) is 0 Å². The first-order chi connectivity index (χ1) is 9.11. The highest BCUT2D eigenvalue weighted by Crippen LogP contribution is 2.17. The molecule has 0 aromatic carbocycles. The van der Waals surface area contributed by atoms with E-state index in [-0.39, 0.29) is 0 Å². The summed E-state index contributed by atoms with van der Waals surface area (Å²) in [6.07, 6.45) is 4.03. The number of rotatable bonds is 6. The van der Waals surface area contributed by atoms with E-state index in [2.05, 4.69) is 36.2 Å². The highest BCUT2D eigenvalue weighted by molar-refractivity contribution is 7.09. The van der Waals surface area contributed by atoms with E-state index < -0.39 is 0 Å². The normalized spacial score (nSPS) is 12.8. The summed E-state index contributed by atoms with van der Waals surface area (Å²) in [4.78, 5) is 5.49. The van der Waals surface area contributed by atoms with Crippen LogP contribution in [0, 0.1) is 13.8 Å². The van der Waals surface area contributed by atoms with Crippen LogP contribution in [-0.2, 0) is 19.9 Å². The molecule has 2 rings (SSSR count). The van der Waals surface area contributed by atoms with Gasteiger partial charge in [-0.05, 0) is 38.8 Å². The summed E-state index contributed by atoms with van der Waals surface area (Å²) in [6.45, 7) is 7.38. The first kappa shape index (κ1) is 14.2. The van der Waals surface area contributed by atoms with Crippen LogP contribution >= 0.6 is 11.3 Å². The van der Waals surface area contributed by atoms with E-state index in [9.17, 15) is 0 Å². The van der Waals surface area contributed by atoms with Gasteiger partial charge in [0.05, 0.1) is 11.2 Å². The Morgan fingerprint density at radius 3 is 2.68 bits per heavy atom. The third kappa shape index (κ3) is 3.42. The molecule has 0 aliphatic rings. The molecule has 0 radical (unpaired) electrons. The summed E-state index contributed by atoms with van der Waals surface area (Å²) >= 11 is 1.73. The zero-order chi connectivity index (χ0) is 13.8. The number of likely N-dealkylation sites (N-methyl/N-ethyl adjacent to an activating group) is 1. The molecule has 0 amide bonds. The van der Waals surface area contributed by atoms with Gasteiger partial charge in [0.15, 0.2) is 0 Å². The molecule has 2 heterocycles. The number of hydrogen-bond donors (Lipinski definition) is 1. The average Bonchev–Trinajstić information content (AvgIpc) is 2.94. The van der Waals surface area contributed by atoms with Gasteiger partial charge in [0.25, 0.3) is 0 Å². The van der Waals surface area contributed by atoms with Crippen LogP contribution in [0.2, 0.25) is 0 Å². The van der Waals surface area contributed by atoms with Crippen molar-refractivity contribution in [3.63, 3.8) is 0 Å². The Labute approximate surface area is 118 Å². The van der Waals surface area contributed by atoms with Gasteiger partial charge in [-0.3, -0.25) is 9.67 Å². The van der Waals surface area contributed by atoms with E-state index in [1.165, 1.54) is 16.1 Å². The van der Waals surface area contributed by atoms with E-state index >= 15 is 0 Å².